The summed E-state index contributed by atoms with van der Waals surface area (Å²) in [4.78, 5) is 43.8. The van der Waals surface area contributed by atoms with Gasteiger partial charge in [0, 0.05) is 10.7 Å². The van der Waals surface area contributed by atoms with Gasteiger partial charge in [-0.15, -0.1) is 0 Å². The lowest BCUT2D eigenvalue weighted by Gasteiger charge is -2.10. The monoisotopic (exact) mass is 437 g/mol. The first kappa shape index (κ1) is 20.4. The van der Waals surface area contributed by atoms with Crippen molar-refractivity contribution < 1.29 is 18.7 Å². The Bertz CT molecular complexity index is 1350. The molecule has 2 aromatic carbocycles. The summed E-state index contributed by atoms with van der Waals surface area (Å²) in [5.41, 5.74) is 1.48. The van der Waals surface area contributed by atoms with Crippen molar-refractivity contribution in [1.29, 1.82) is 0 Å². The van der Waals surface area contributed by atoms with Crippen LogP contribution in [0.15, 0.2) is 64.0 Å². The van der Waals surface area contributed by atoms with Crippen LogP contribution in [-0.4, -0.2) is 21.8 Å². The van der Waals surface area contributed by atoms with Crippen molar-refractivity contribution in [3.63, 3.8) is 0 Å². The van der Waals surface area contributed by atoms with Crippen LogP contribution in [0.2, 0.25) is 5.02 Å². The minimum Gasteiger partial charge on any atom is -0.459 e. The van der Waals surface area contributed by atoms with Crippen LogP contribution in [0.4, 0.5) is 5.69 Å². The van der Waals surface area contributed by atoms with Crippen molar-refractivity contribution in [2.45, 2.75) is 13.5 Å². The Morgan fingerprint density at radius 2 is 2.03 bits per heavy atom. The fourth-order valence-electron chi connectivity index (χ4n) is 2.92. The molecule has 0 aliphatic carbocycles. The maximum Gasteiger partial charge on any atom is 0.338 e. The summed E-state index contributed by atoms with van der Waals surface area (Å²) in [7, 11) is 0. The second-order valence-electron chi connectivity index (χ2n) is 6.71. The fraction of sp³-hybridized carbons (Fsp3) is 0.0909. The van der Waals surface area contributed by atoms with E-state index in [1.54, 1.807) is 43.3 Å². The maximum absolute atomic E-state index is 12.5. The molecule has 156 valence electrons. The van der Waals surface area contributed by atoms with Crippen molar-refractivity contribution >= 4 is 40.1 Å². The normalized spacial score (nSPS) is 10.8. The number of aryl methyl sites for hydroxylation is 1. The SMILES string of the molecule is Cc1ccc(C(=O)OCc2nc3cc(Cl)ccc3c(=O)[nH]2)cc1NC(=O)c1ccco1. The van der Waals surface area contributed by atoms with E-state index in [-0.39, 0.29) is 29.3 Å². The lowest BCUT2D eigenvalue weighted by Crippen LogP contribution is -2.15. The quantitative estimate of drug-likeness (QED) is 0.454. The molecule has 0 spiro atoms. The highest BCUT2D eigenvalue weighted by Crippen LogP contribution is 2.19. The molecule has 2 N–H and O–H groups in total. The van der Waals surface area contributed by atoms with Crippen LogP contribution in [0, 0.1) is 6.92 Å². The van der Waals surface area contributed by atoms with Gasteiger partial charge in [-0.3, -0.25) is 9.59 Å². The number of nitrogens with one attached hydrogen (secondary N) is 2. The predicted molar refractivity (Wildman–Crippen MR) is 114 cm³/mol. The van der Waals surface area contributed by atoms with Gasteiger partial charge in [-0.2, -0.15) is 0 Å². The summed E-state index contributed by atoms with van der Waals surface area (Å²) < 4.78 is 10.4. The second kappa shape index (κ2) is 8.45. The van der Waals surface area contributed by atoms with Gasteiger partial charge in [0.15, 0.2) is 5.76 Å². The van der Waals surface area contributed by atoms with Crippen LogP contribution in [0.3, 0.4) is 0 Å². The molecule has 4 rings (SSSR count). The third-order valence-corrected chi connectivity index (χ3v) is 4.76. The minimum atomic E-state index is -0.637. The number of aromatic amines is 1. The number of hydrogen-bond acceptors (Lipinski definition) is 6. The zero-order valence-corrected chi connectivity index (χ0v) is 17.0. The number of fused-ring (bicyclic) bond motifs is 1. The Labute approximate surface area is 180 Å². The zero-order valence-electron chi connectivity index (χ0n) is 16.3. The number of hydrogen-bond donors (Lipinski definition) is 2. The molecule has 2 heterocycles. The molecule has 8 nitrogen and oxygen atoms in total. The third-order valence-electron chi connectivity index (χ3n) is 4.52. The van der Waals surface area contributed by atoms with Gasteiger partial charge in [0.2, 0.25) is 0 Å². The number of ether oxygens (including phenoxy) is 1. The molecule has 0 fully saturated rings. The summed E-state index contributed by atoms with van der Waals surface area (Å²) in [6.07, 6.45) is 1.40. The van der Waals surface area contributed by atoms with E-state index in [1.165, 1.54) is 18.4 Å². The number of rotatable bonds is 5. The van der Waals surface area contributed by atoms with E-state index in [0.717, 1.165) is 5.56 Å². The molecule has 0 aliphatic heterocycles. The number of halogens is 1. The number of anilines is 1. The number of nitrogens with zero attached hydrogens (tertiary/aromatic N) is 1. The van der Waals surface area contributed by atoms with Crippen LogP contribution in [0.25, 0.3) is 10.9 Å². The molecular formula is C22H16ClN3O5. The average molecular weight is 438 g/mol. The Morgan fingerprint density at radius 3 is 2.81 bits per heavy atom. The molecule has 0 atom stereocenters. The number of carbonyl (C=O) groups excluding carboxylic acids is 2. The molecule has 0 unspecified atom stereocenters. The number of furan rings is 1. The predicted octanol–water partition coefficient (Wildman–Crippen LogP) is 4.09. The van der Waals surface area contributed by atoms with Gasteiger partial charge in [-0.05, 0) is 55.0 Å². The Morgan fingerprint density at radius 1 is 1.19 bits per heavy atom. The summed E-state index contributed by atoms with van der Waals surface area (Å²) in [6.45, 7) is 1.56. The van der Waals surface area contributed by atoms with E-state index in [1.807, 2.05) is 0 Å². The zero-order chi connectivity index (χ0) is 22.0. The molecule has 0 aliphatic rings. The molecule has 2 aromatic heterocycles. The van der Waals surface area contributed by atoms with Gasteiger partial charge >= 0.3 is 5.97 Å². The van der Waals surface area contributed by atoms with Gasteiger partial charge in [-0.25, -0.2) is 9.78 Å². The van der Waals surface area contributed by atoms with E-state index in [2.05, 4.69) is 15.3 Å². The molecule has 1 amide bonds. The van der Waals surface area contributed by atoms with Gasteiger partial charge < -0.3 is 19.5 Å². The smallest absolute Gasteiger partial charge is 0.338 e. The van der Waals surface area contributed by atoms with Gasteiger partial charge in [0.1, 0.15) is 12.4 Å². The summed E-state index contributed by atoms with van der Waals surface area (Å²) in [5, 5.41) is 3.53. The fourth-order valence-corrected chi connectivity index (χ4v) is 3.09. The number of amides is 1. The molecular weight excluding hydrogens is 422 g/mol. The van der Waals surface area contributed by atoms with Crippen LogP contribution in [-0.2, 0) is 11.3 Å². The molecule has 0 saturated heterocycles. The van der Waals surface area contributed by atoms with Crippen LogP contribution in [0.5, 0.6) is 0 Å². The Balaban J connectivity index is 1.49. The Kier molecular flexibility index (Phi) is 5.55. The highest BCUT2D eigenvalue weighted by atomic mass is 35.5. The first-order chi connectivity index (χ1) is 14.9. The average Bonchev–Trinajstić information content (AvgIpc) is 3.28. The highest BCUT2D eigenvalue weighted by molar-refractivity contribution is 6.31. The lowest BCUT2D eigenvalue weighted by atomic mass is 10.1. The van der Waals surface area contributed by atoms with E-state index in [4.69, 9.17) is 20.8 Å². The first-order valence-electron chi connectivity index (χ1n) is 9.22. The van der Waals surface area contributed by atoms with Crippen molar-refractivity contribution in [2.75, 3.05) is 5.32 Å². The van der Waals surface area contributed by atoms with Crippen molar-refractivity contribution in [1.82, 2.24) is 9.97 Å². The molecule has 0 radical (unpaired) electrons. The lowest BCUT2D eigenvalue weighted by molar-refractivity contribution is 0.0462. The summed E-state index contributed by atoms with van der Waals surface area (Å²) in [6, 6.07) is 12.6. The number of aromatic nitrogens is 2. The number of carbonyl (C=O) groups is 2. The third kappa shape index (κ3) is 4.49. The second-order valence-corrected chi connectivity index (χ2v) is 7.15. The minimum absolute atomic E-state index is 0.152. The molecule has 0 saturated carbocycles. The van der Waals surface area contributed by atoms with E-state index in [9.17, 15) is 14.4 Å². The Hall–Kier alpha value is -3.91. The summed E-state index contributed by atoms with van der Waals surface area (Å²) in [5.74, 6) is -0.733. The highest BCUT2D eigenvalue weighted by Gasteiger charge is 2.14. The largest absolute Gasteiger partial charge is 0.459 e. The first-order valence-corrected chi connectivity index (χ1v) is 9.59. The molecule has 9 heteroatoms. The van der Waals surface area contributed by atoms with E-state index < -0.39 is 11.9 Å². The maximum atomic E-state index is 12.5. The van der Waals surface area contributed by atoms with E-state index in [0.29, 0.717) is 21.6 Å². The molecule has 0 bridgehead atoms. The molecule has 31 heavy (non-hydrogen) atoms. The van der Waals surface area contributed by atoms with Gasteiger partial charge in [0.05, 0.1) is 22.7 Å². The molecule has 4 aromatic rings. The topological polar surface area (TPSA) is 114 Å². The standard InChI is InChI=1S/C22H16ClN3O5/c1-12-4-5-13(9-16(12)25-21(28)18-3-2-8-30-18)22(29)31-11-19-24-17-10-14(23)6-7-15(17)20(27)26-19/h2-10H,11H2,1H3,(H,25,28)(H,24,26,27). The van der Waals surface area contributed by atoms with Gasteiger partial charge in [-0.1, -0.05) is 17.7 Å². The van der Waals surface area contributed by atoms with E-state index >= 15 is 0 Å². The van der Waals surface area contributed by atoms with Crippen molar-refractivity contribution in [3.05, 3.63) is 92.9 Å². The van der Waals surface area contributed by atoms with Gasteiger partial charge in [0.25, 0.3) is 11.5 Å². The van der Waals surface area contributed by atoms with Crippen molar-refractivity contribution in [3.8, 4) is 0 Å². The number of H-pyrrole nitrogens is 1. The summed E-state index contributed by atoms with van der Waals surface area (Å²) >= 11 is 5.95. The van der Waals surface area contributed by atoms with Crippen LogP contribution < -0.4 is 10.9 Å². The van der Waals surface area contributed by atoms with Crippen LogP contribution in [0.1, 0.15) is 32.3 Å². The number of benzene rings is 2. The van der Waals surface area contributed by atoms with Crippen molar-refractivity contribution in [2.24, 2.45) is 0 Å². The van der Waals surface area contributed by atoms with Crippen LogP contribution >= 0.6 is 11.6 Å². The number of esters is 1.